The third-order valence-electron chi connectivity index (χ3n) is 1.59. The van der Waals surface area contributed by atoms with Crippen LogP contribution in [0.5, 0.6) is 0 Å². The van der Waals surface area contributed by atoms with E-state index in [1.54, 1.807) is 12.5 Å². The maximum Gasteiger partial charge on any atom is 0.158 e. The fourth-order valence-electron chi connectivity index (χ4n) is 0.917. The molecule has 0 N–H and O–H groups in total. The van der Waals surface area contributed by atoms with Crippen molar-refractivity contribution in [1.29, 1.82) is 0 Å². The first-order chi connectivity index (χ1) is 6.84. The van der Waals surface area contributed by atoms with Gasteiger partial charge in [-0.1, -0.05) is 42.5 Å². The maximum absolute atomic E-state index is 12.2. The van der Waals surface area contributed by atoms with Crippen LogP contribution in [0.4, 0.5) is 8.78 Å². The van der Waals surface area contributed by atoms with E-state index in [0.717, 1.165) is 0 Å². The summed E-state index contributed by atoms with van der Waals surface area (Å²) in [7, 11) is 0. The Labute approximate surface area is 99.2 Å². The van der Waals surface area contributed by atoms with E-state index in [1.165, 1.54) is 12.2 Å². The first-order valence-electron chi connectivity index (χ1n) is 4.19. The van der Waals surface area contributed by atoms with Crippen LogP contribution in [0, 0.1) is 12.8 Å². The van der Waals surface area contributed by atoms with Crippen molar-refractivity contribution in [3.05, 3.63) is 73.1 Å². The molecule has 0 atom stereocenters. The largest absolute Gasteiger partial charge is 0.212 e. The molecule has 0 aromatic heterocycles. The molecule has 0 heterocycles. The van der Waals surface area contributed by atoms with E-state index in [1.807, 2.05) is 30.7 Å². The molecule has 80 valence electrons. The minimum absolute atomic E-state index is 0. The summed E-state index contributed by atoms with van der Waals surface area (Å²) in [6.45, 7) is 0. The van der Waals surface area contributed by atoms with Crippen molar-refractivity contribution in [2.75, 3.05) is 0 Å². The molecule has 0 aromatic carbocycles. The number of halogens is 2. The molecule has 15 heavy (non-hydrogen) atoms. The normalized spacial score (nSPS) is 16.9. The zero-order chi connectivity index (χ0) is 10.2. The van der Waals surface area contributed by atoms with Gasteiger partial charge in [0.2, 0.25) is 0 Å². The summed E-state index contributed by atoms with van der Waals surface area (Å²) in [4.78, 5) is 0. The van der Waals surface area contributed by atoms with Crippen LogP contribution in [-0.2, 0) is 17.1 Å². The molecule has 0 nitrogen and oxygen atoms in total. The quantitative estimate of drug-likeness (QED) is 0.619. The van der Waals surface area contributed by atoms with Gasteiger partial charge in [-0.3, -0.25) is 0 Å². The fraction of sp³-hybridized carbons (Fsp3) is 0. The Balaban J connectivity index is 0.000000280. The third kappa shape index (κ3) is 5.50. The van der Waals surface area contributed by atoms with Crippen molar-refractivity contribution >= 4 is 0 Å². The molecule has 0 aliphatic heterocycles. The SMILES string of the molecule is F/C=C(\F)C1=C[CH]C=C1.[CH]1C=CC=C1.[Fe]. The van der Waals surface area contributed by atoms with Crippen molar-refractivity contribution in [2.24, 2.45) is 0 Å². The monoisotopic (exact) mass is 248 g/mol. The van der Waals surface area contributed by atoms with Gasteiger partial charge in [0.25, 0.3) is 0 Å². The molecule has 0 amide bonds. The van der Waals surface area contributed by atoms with E-state index in [2.05, 4.69) is 0 Å². The molecule has 0 aromatic rings. The maximum atomic E-state index is 12.2. The molecule has 0 saturated carbocycles. The Kier molecular flexibility index (Phi) is 7.88. The molecule has 2 aliphatic carbocycles. The van der Waals surface area contributed by atoms with Crippen molar-refractivity contribution < 1.29 is 25.8 Å². The van der Waals surface area contributed by atoms with Gasteiger partial charge in [-0.05, 0) is 0 Å². The zero-order valence-corrected chi connectivity index (χ0v) is 8.99. The Morgan fingerprint density at radius 3 is 2.00 bits per heavy atom. The van der Waals surface area contributed by atoms with Crippen LogP contribution in [0.1, 0.15) is 0 Å². The second kappa shape index (κ2) is 8.39. The molecule has 2 rings (SSSR count). The predicted octanol–water partition coefficient (Wildman–Crippen LogP) is 3.78. The standard InChI is InChI=1S/C7H5F2.C5H5.Fe/c8-5-7(9)6-3-1-2-4-6;1-2-4-5-3-1;/h1-5H;1-5H;/b7-5-;;. The van der Waals surface area contributed by atoms with Crippen LogP contribution in [0.25, 0.3) is 0 Å². The minimum atomic E-state index is -0.819. The Hall–Kier alpha value is -0.921. The van der Waals surface area contributed by atoms with Gasteiger partial charge < -0.3 is 0 Å². The molecular weight excluding hydrogens is 238 g/mol. The summed E-state index contributed by atoms with van der Waals surface area (Å²) in [6, 6.07) is 0. The predicted molar refractivity (Wildman–Crippen MR) is 54.4 cm³/mol. The van der Waals surface area contributed by atoms with Gasteiger partial charge in [0, 0.05) is 35.5 Å². The zero-order valence-electron chi connectivity index (χ0n) is 7.88. The average Bonchev–Trinajstić information content (AvgIpc) is 2.91. The van der Waals surface area contributed by atoms with Gasteiger partial charge in [-0.15, -0.1) is 0 Å². The number of hydrogen-bond donors (Lipinski definition) is 0. The van der Waals surface area contributed by atoms with Gasteiger partial charge in [0.1, 0.15) is 6.33 Å². The van der Waals surface area contributed by atoms with Crippen LogP contribution >= 0.6 is 0 Å². The topological polar surface area (TPSA) is 0 Å². The molecule has 0 unspecified atom stereocenters. The number of rotatable bonds is 1. The second-order valence-electron chi connectivity index (χ2n) is 2.59. The molecule has 0 saturated heterocycles. The van der Waals surface area contributed by atoms with Crippen molar-refractivity contribution in [2.45, 2.75) is 0 Å². The van der Waals surface area contributed by atoms with E-state index < -0.39 is 5.83 Å². The van der Waals surface area contributed by atoms with Crippen LogP contribution in [0.3, 0.4) is 0 Å². The first kappa shape index (κ1) is 14.1. The number of allylic oxidation sites excluding steroid dienone is 9. The fourth-order valence-corrected chi connectivity index (χ4v) is 0.917. The van der Waals surface area contributed by atoms with Gasteiger partial charge in [0.15, 0.2) is 5.83 Å². The van der Waals surface area contributed by atoms with Gasteiger partial charge in [0.05, 0.1) is 0 Å². The summed E-state index contributed by atoms with van der Waals surface area (Å²) < 4.78 is 23.6. The molecule has 0 spiro atoms. The molecule has 2 radical (unpaired) electrons. The molecule has 3 heteroatoms. The van der Waals surface area contributed by atoms with E-state index in [-0.39, 0.29) is 29.0 Å². The third-order valence-corrected chi connectivity index (χ3v) is 1.59. The Morgan fingerprint density at radius 1 is 1.00 bits per heavy atom. The van der Waals surface area contributed by atoms with E-state index in [4.69, 9.17) is 0 Å². The van der Waals surface area contributed by atoms with Crippen molar-refractivity contribution in [3.8, 4) is 0 Å². The smallest absolute Gasteiger partial charge is 0.158 e. The summed E-state index contributed by atoms with van der Waals surface area (Å²) in [5.41, 5.74) is 0.289. The minimum Gasteiger partial charge on any atom is -0.212 e. The van der Waals surface area contributed by atoms with Crippen LogP contribution < -0.4 is 0 Å². The van der Waals surface area contributed by atoms with Crippen molar-refractivity contribution in [1.82, 2.24) is 0 Å². The van der Waals surface area contributed by atoms with Gasteiger partial charge >= 0.3 is 0 Å². The van der Waals surface area contributed by atoms with Crippen molar-refractivity contribution in [3.63, 3.8) is 0 Å². The van der Waals surface area contributed by atoms with E-state index >= 15 is 0 Å². The Bertz CT molecular complexity index is 313. The summed E-state index contributed by atoms with van der Waals surface area (Å²) in [5.74, 6) is -0.819. The average molecular weight is 248 g/mol. The van der Waals surface area contributed by atoms with Gasteiger partial charge in [-0.2, -0.15) is 0 Å². The second-order valence-corrected chi connectivity index (χ2v) is 2.59. The molecule has 2 aliphatic rings. The van der Waals surface area contributed by atoms with Crippen LogP contribution in [0.15, 0.2) is 60.3 Å². The van der Waals surface area contributed by atoms with E-state index in [0.29, 0.717) is 0 Å². The molecule has 0 fully saturated rings. The summed E-state index contributed by atoms with van der Waals surface area (Å²) in [5, 5.41) is 0. The number of hydrogen-bond acceptors (Lipinski definition) is 0. The first-order valence-corrected chi connectivity index (χ1v) is 4.19. The molecule has 0 bridgehead atoms. The van der Waals surface area contributed by atoms with Gasteiger partial charge in [-0.25, -0.2) is 8.78 Å². The molecular formula is C12H10F2Fe. The van der Waals surface area contributed by atoms with Crippen LogP contribution in [0.2, 0.25) is 0 Å². The van der Waals surface area contributed by atoms with E-state index in [9.17, 15) is 8.78 Å². The summed E-state index contributed by atoms with van der Waals surface area (Å²) in [6.07, 6.45) is 16.3. The van der Waals surface area contributed by atoms with Crippen LogP contribution in [-0.4, -0.2) is 0 Å². The Morgan fingerprint density at radius 2 is 1.67 bits per heavy atom. The summed E-state index contributed by atoms with van der Waals surface area (Å²) >= 11 is 0.